The number of rotatable bonds is 8. The monoisotopic (exact) mass is 493 g/mol. The quantitative estimate of drug-likeness (QED) is 0.570. The van der Waals surface area contributed by atoms with Gasteiger partial charge in [-0.25, -0.2) is 17.6 Å². The molecule has 1 N–H and O–H groups in total. The van der Waals surface area contributed by atoms with E-state index in [9.17, 15) is 22.4 Å². The van der Waals surface area contributed by atoms with Crippen LogP contribution in [0.1, 0.15) is 54.0 Å². The van der Waals surface area contributed by atoms with Crippen LogP contribution in [0.15, 0.2) is 29.2 Å². The molecule has 0 bridgehead atoms. The Hall–Kier alpha value is -2.72. The van der Waals surface area contributed by atoms with Crippen LogP contribution in [0.2, 0.25) is 0 Å². The summed E-state index contributed by atoms with van der Waals surface area (Å²) in [7, 11) is -4.05. The third-order valence-corrected chi connectivity index (χ3v) is 8.28. The van der Waals surface area contributed by atoms with E-state index in [-0.39, 0.29) is 48.4 Å². The van der Waals surface area contributed by atoms with Gasteiger partial charge in [-0.15, -0.1) is 0 Å². The lowest BCUT2D eigenvalue weighted by molar-refractivity contribution is -0.126. The van der Waals surface area contributed by atoms with Crippen molar-refractivity contribution < 1.29 is 27.1 Å². The highest BCUT2D eigenvalue weighted by atomic mass is 32.2. The second-order valence-electron chi connectivity index (χ2n) is 8.39. The molecule has 1 aromatic heterocycles. The van der Waals surface area contributed by atoms with Crippen molar-refractivity contribution in [2.45, 2.75) is 58.5 Å². The zero-order chi connectivity index (χ0) is 25.0. The van der Waals surface area contributed by atoms with E-state index in [2.05, 4.69) is 5.32 Å². The van der Waals surface area contributed by atoms with Crippen molar-refractivity contribution in [1.29, 1.82) is 0 Å². The van der Waals surface area contributed by atoms with E-state index in [4.69, 9.17) is 4.74 Å². The molecule has 0 spiro atoms. The minimum Gasteiger partial charge on any atom is -0.462 e. The molecule has 186 valence electrons. The van der Waals surface area contributed by atoms with Crippen LogP contribution < -0.4 is 5.32 Å². The summed E-state index contributed by atoms with van der Waals surface area (Å²) < 4.78 is 48.8. The third kappa shape index (κ3) is 5.17. The third-order valence-electron chi connectivity index (χ3n) is 6.26. The molecule has 2 heterocycles. The molecule has 1 fully saturated rings. The van der Waals surface area contributed by atoms with Gasteiger partial charge in [0, 0.05) is 37.6 Å². The first kappa shape index (κ1) is 25.9. The molecular weight excluding hydrogens is 461 g/mol. The standard InChI is InChI=1S/C24H32FN3O5S/c1-5-28-16(3)21(24(30)33-6-2)22(17(28)4)34(31,32)27-13-7-8-19(15-27)23(29)26-14-18-9-11-20(25)12-10-18/h9-12,19H,5-8,13-15H2,1-4H3,(H,26,29)/t19-/m1/s1. The SMILES string of the molecule is CCOC(=O)c1c(S(=O)(=O)N2CCC[C@@H](C(=O)NCc3ccc(F)cc3)C2)c(C)n(CC)c1C. The molecule has 1 saturated heterocycles. The van der Waals surface area contributed by atoms with E-state index in [1.807, 2.05) is 6.92 Å². The minimum atomic E-state index is -4.05. The number of carbonyl (C=O) groups excluding carboxylic acids is 2. The van der Waals surface area contributed by atoms with Gasteiger partial charge in [-0.2, -0.15) is 4.31 Å². The first-order valence-electron chi connectivity index (χ1n) is 11.5. The maximum Gasteiger partial charge on any atom is 0.341 e. The average Bonchev–Trinajstić information content (AvgIpc) is 3.08. The molecule has 34 heavy (non-hydrogen) atoms. The van der Waals surface area contributed by atoms with Crippen molar-refractivity contribution in [3.63, 3.8) is 0 Å². The summed E-state index contributed by atoms with van der Waals surface area (Å²) in [4.78, 5) is 25.5. The van der Waals surface area contributed by atoms with Crippen molar-refractivity contribution in [2.75, 3.05) is 19.7 Å². The predicted octanol–water partition coefficient (Wildman–Crippen LogP) is 3.16. The van der Waals surface area contributed by atoms with Crippen LogP contribution in [0.3, 0.4) is 0 Å². The Labute approximate surface area is 200 Å². The molecule has 3 rings (SSSR count). The Morgan fingerprint density at radius 2 is 1.82 bits per heavy atom. The molecule has 0 radical (unpaired) electrons. The summed E-state index contributed by atoms with van der Waals surface area (Å²) >= 11 is 0. The number of nitrogens with one attached hydrogen (secondary N) is 1. The first-order valence-corrected chi connectivity index (χ1v) is 12.9. The van der Waals surface area contributed by atoms with Crippen LogP contribution in [0.4, 0.5) is 4.39 Å². The highest BCUT2D eigenvalue weighted by molar-refractivity contribution is 7.89. The highest BCUT2D eigenvalue weighted by Crippen LogP contribution is 2.32. The number of sulfonamides is 1. The van der Waals surface area contributed by atoms with Gasteiger partial charge in [0.1, 0.15) is 16.3 Å². The summed E-state index contributed by atoms with van der Waals surface area (Å²) in [5.74, 6) is -1.80. The van der Waals surface area contributed by atoms with Crippen LogP contribution in [0.25, 0.3) is 0 Å². The van der Waals surface area contributed by atoms with Gasteiger partial charge < -0.3 is 14.6 Å². The topological polar surface area (TPSA) is 97.7 Å². The fourth-order valence-electron chi connectivity index (χ4n) is 4.53. The minimum absolute atomic E-state index is 0.0235. The van der Waals surface area contributed by atoms with Gasteiger partial charge in [-0.1, -0.05) is 12.1 Å². The smallest absolute Gasteiger partial charge is 0.341 e. The molecule has 0 saturated carbocycles. The molecule has 8 nitrogen and oxygen atoms in total. The van der Waals surface area contributed by atoms with Crippen molar-refractivity contribution in [3.05, 3.63) is 52.6 Å². The van der Waals surface area contributed by atoms with E-state index in [1.165, 1.54) is 16.4 Å². The van der Waals surface area contributed by atoms with Crippen LogP contribution in [-0.2, 0) is 32.6 Å². The Morgan fingerprint density at radius 3 is 2.44 bits per heavy atom. The summed E-state index contributed by atoms with van der Waals surface area (Å²) in [6.07, 6.45) is 1.08. The van der Waals surface area contributed by atoms with Gasteiger partial charge in [0.05, 0.1) is 12.5 Å². The maximum absolute atomic E-state index is 13.7. The molecule has 2 aromatic rings. The zero-order valence-corrected chi connectivity index (χ0v) is 20.9. The van der Waals surface area contributed by atoms with Gasteiger partial charge in [0.25, 0.3) is 0 Å². The summed E-state index contributed by atoms with van der Waals surface area (Å²) in [6.45, 7) is 8.11. The van der Waals surface area contributed by atoms with Crippen LogP contribution in [0.5, 0.6) is 0 Å². The Balaban J connectivity index is 1.83. The van der Waals surface area contributed by atoms with Crippen LogP contribution in [0, 0.1) is 25.6 Å². The molecule has 1 aromatic carbocycles. The number of aromatic nitrogens is 1. The summed E-state index contributed by atoms with van der Waals surface area (Å²) in [5, 5.41) is 2.82. The predicted molar refractivity (Wildman–Crippen MR) is 125 cm³/mol. The number of ether oxygens (including phenoxy) is 1. The number of halogens is 1. The lowest BCUT2D eigenvalue weighted by Crippen LogP contribution is -2.45. The lowest BCUT2D eigenvalue weighted by Gasteiger charge is -2.31. The molecule has 10 heteroatoms. The average molecular weight is 494 g/mol. The van der Waals surface area contributed by atoms with E-state index in [0.717, 1.165) is 5.56 Å². The lowest BCUT2D eigenvalue weighted by atomic mass is 9.99. The number of hydrogen-bond donors (Lipinski definition) is 1. The van der Waals surface area contributed by atoms with Crippen molar-refractivity contribution in [1.82, 2.24) is 14.2 Å². The Bertz CT molecular complexity index is 1160. The molecule has 0 aliphatic carbocycles. The Kier molecular flexibility index (Phi) is 8.14. The normalized spacial score (nSPS) is 16.9. The number of carbonyl (C=O) groups is 2. The van der Waals surface area contributed by atoms with Gasteiger partial charge in [-0.05, 0) is 58.2 Å². The molecule has 1 aliphatic rings. The first-order chi connectivity index (χ1) is 16.1. The van der Waals surface area contributed by atoms with Gasteiger partial charge in [0.2, 0.25) is 15.9 Å². The maximum atomic E-state index is 13.7. The van der Waals surface area contributed by atoms with Crippen molar-refractivity contribution >= 4 is 21.9 Å². The van der Waals surface area contributed by atoms with E-state index in [1.54, 1.807) is 37.5 Å². The fourth-order valence-corrected chi connectivity index (χ4v) is 6.50. The van der Waals surface area contributed by atoms with Gasteiger partial charge in [-0.3, -0.25) is 4.79 Å². The number of piperidine rings is 1. The zero-order valence-electron chi connectivity index (χ0n) is 20.1. The fraction of sp³-hybridized carbons (Fsp3) is 0.500. The number of hydrogen-bond acceptors (Lipinski definition) is 5. The van der Waals surface area contributed by atoms with E-state index in [0.29, 0.717) is 30.8 Å². The van der Waals surface area contributed by atoms with Gasteiger partial charge in [0.15, 0.2) is 0 Å². The Morgan fingerprint density at radius 1 is 1.15 bits per heavy atom. The molecule has 1 atom stereocenters. The molecular formula is C24H32FN3O5S. The highest BCUT2D eigenvalue weighted by Gasteiger charge is 2.39. The summed E-state index contributed by atoms with van der Waals surface area (Å²) in [6, 6.07) is 5.83. The number of amides is 1. The second kappa shape index (κ2) is 10.7. The second-order valence-corrected chi connectivity index (χ2v) is 10.3. The molecule has 0 unspecified atom stereocenters. The van der Waals surface area contributed by atoms with Crippen LogP contribution in [-0.4, -0.2) is 48.9 Å². The van der Waals surface area contributed by atoms with Gasteiger partial charge >= 0.3 is 5.97 Å². The molecule has 1 aliphatic heterocycles. The molecule has 1 amide bonds. The number of esters is 1. The van der Waals surface area contributed by atoms with Crippen molar-refractivity contribution in [2.24, 2.45) is 5.92 Å². The van der Waals surface area contributed by atoms with E-state index >= 15 is 0 Å². The number of nitrogens with zero attached hydrogens (tertiary/aromatic N) is 2. The van der Waals surface area contributed by atoms with Crippen LogP contribution >= 0.6 is 0 Å². The largest absolute Gasteiger partial charge is 0.462 e. The summed E-state index contributed by atoms with van der Waals surface area (Å²) in [5.41, 5.74) is 1.83. The number of benzene rings is 1. The van der Waals surface area contributed by atoms with Crippen molar-refractivity contribution in [3.8, 4) is 0 Å². The van der Waals surface area contributed by atoms with E-state index < -0.39 is 21.9 Å².